The van der Waals surface area contributed by atoms with E-state index in [1.165, 1.54) is 5.56 Å². The monoisotopic (exact) mass is 410 g/mol. The molecule has 1 heterocycles. The van der Waals surface area contributed by atoms with Crippen LogP contribution in [0.2, 0.25) is 5.02 Å². The second-order valence-electron chi connectivity index (χ2n) is 8.10. The van der Waals surface area contributed by atoms with Gasteiger partial charge in [0.1, 0.15) is 0 Å². The van der Waals surface area contributed by atoms with E-state index >= 15 is 0 Å². The number of aryl methyl sites for hydroxylation is 1. The van der Waals surface area contributed by atoms with Gasteiger partial charge < -0.3 is 9.80 Å². The number of halogens is 1. The molecule has 2 aliphatic rings. The molecule has 2 aromatic carbocycles. The molecule has 1 aliphatic heterocycles. The lowest BCUT2D eigenvalue weighted by Crippen LogP contribution is -2.53. The fourth-order valence-electron chi connectivity index (χ4n) is 4.23. The van der Waals surface area contributed by atoms with Gasteiger partial charge in [-0.05, 0) is 48.9 Å². The lowest BCUT2D eigenvalue weighted by molar-refractivity contribution is -0.141. The molecule has 1 saturated heterocycles. The molecule has 0 radical (unpaired) electrons. The van der Waals surface area contributed by atoms with E-state index in [1.807, 2.05) is 52.3 Å². The minimum atomic E-state index is -0.369. The van der Waals surface area contributed by atoms with Gasteiger partial charge in [-0.2, -0.15) is 0 Å². The fourth-order valence-corrected chi connectivity index (χ4v) is 4.35. The Morgan fingerprint density at radius 3 is 2.10 bits per heavy atom. The SMILES string of the molecule is O=C(CCCc1ccccc1)N1CCN(C(=O)C2(c3ccc(Cl)cc3)CC2)CC1. The first kappa shape index (κ1) is 20.0. The van der Waals surface area contributed by atoms with Gasteiger partial charge in [-0.1, -0.05) is 54.1 Å². The van der Waals surface area contributed by atoms with Gasteiger partial charge in [0.25, 0.3) is 0 Å². The van der Waals surface area contributed by atoms with Crippen molar-refractivity contribution in [3.05, 3.63) is 70.7 Å². The topological polar surface area (TPSA) is 40.6 Å². The van der Waals surface area contributed by atoms with Crippen LogP contribution in [0.3, 0.4) is 0 Å². The van der Waals surface area contributed by atoms with E-state index in [-0.39, 0.29) is 17.2 Å². The number of piperazine rings is 1. The Balaban J connectivity index is 1.26. The third kappa shape index (κ3) is 4.48. The van der Waals surface area contributed by atoms with Crippen molar-refractivity contribution in [3.8, 4) is 0 Å². The van der Waals surface area contributed by atoms with Crippen molar-refractivity contribution in [1.82, 2.24) is 9.80 Å². The largest absolute Gasteiger partial charge is 0.339 e. The molecule has 5 heteroatoms. The third-order valence-electron chi connectivity index (χ3n) is 6.17. The van der Waals surface area contributed by atoms with Crippen LogP contribution in [-0.2, 0) is 21.4 Å². The predicted octanol–water partition coefficient (Wildman–Crippen LogP) is 4.07. The number of carbonyl (C=O) groups is 2. The van der Waals surface area contributed by atoms with E-state index in [2.05, 4.69) is 12.1 Å². The van der Waals surface area contributed by atoms with E-state index in [0.29, 0.717) is 37.6 Å². The second kappa shape index (κ2) is 8.58. The summed E-state index contributed by atoms with van der Waals surface area (Å²) in [6.07, 6.45) is 4.14. The third-order valence-corrected chi connectivity index (χ3v) is 6.43. The highest BCUT2D eigenvalue weighted by Gasteiger charge is 2.53. The van der Waals surface area contributed by atoms with Crippen LogP contribution >= 0.6 is 11.6 Å². The van der Waals surface area contributed by atoms with Crippen molar-refractivity contribution in [3.63, 3.8) is 0 Å². The van der Waals surface area contributed by atoms with E-state index in [9.17, 15) is 9.59 Å². The highest BCUT2D eigenvalue weighted by Crippen LogP contribution is 2.49. The summed E-state index contributed by atoms with van der Waals surface area (Å²) in [5.41, 5.74) is 1.96. The molecule has 1 saturated carbocycles. The molecule has 1 aliphatic carbocycles. The fraction of sp³-hybridized carbons (Fsp3) is 0.417. The molecule has 0 unspecified atom stereocenters. The quantitative estimate of drug-likeness (QED) is 0.720. The molecule has 152 valence electrons. The van der Waals surface area contributed by atoms with Crippen LogP contribution in [-0.4, -0.2) is 47.8 Å². The van der Waals surface area contributed by atoms with Crippen LogP contribution in [0.5, 0.6) is 0 Å². The van der Waals surface area contributed by atoms with Gasteiger partial charge in [-0.15, -0.1) is 0 Å². The zero-order valence-electron chi connectivity index (χ0n) is 16.6. The summed E-state index contributed by atoms with van der Waals surface area (Å²) in [5.74, 6) is 0.405. The number of carbonyl (C=O) groups excluding carboxylic acids is 2. The van der Waals surface area contributed by atoms with Gasteiger partial charge in [-0.25, -0.2) is 0 Å². The van der Waals surface area contributed by atoms with Crippen molar-refractivity contribution in [2.75, 3.05) is 26.2 Å². The summed E-state index contributed by atoms with van der Waals surface area (Å²) in [5, 5.41) is 0.691. The Morgan fingerprint density at radius 2 is 1.48 bits per heavy atom. The van der Waals surface area contributed by atoms with Gasteiger partial charge in [0.2, 0.25) is 11.8 Å². The van der Waals surface area contributed by atoms with Gasteiger partial charge in [0.05, 0.1) is 5.41 Å². The Hall–Kier alpha value is -2.33. The molecule has 29 heavy (non-hydrogen) atoms. The molecule has 0 N–H and O–H groups in total. The first-order chi connectivity index (χ1) is 14.1. The van der Waals surface area contributed by atoms with Crippen molar-refractivity contribution in [1.29, 1.82) is 0 Å². The molecule has 2 fully saturated rings. The number of amides is 2. The lowest BCUT2D eigenvalue weighted by atomic mass is 9.94. The molecule has 0 atom stereocenters. The van der Waals surface area contributed by atoms with Crippen LogP contribution < -0.4 is 0 Å². The van der Waals surface area contributed by atoms with Gasteiger partial charge in [-0.3, -0.25) is 9.59 Å². The highest BCUT2D eigenvalue weighted by atomic mass is 35.5. The minimum Gasteiger partial charge on any atom is -0.339 e. The van der Waals surface area contributed by atoms with Crippen molar-refractivity contribution >= 4 is 23.4 Å². The Kier molecular flexibility index (Phi) is 5.91. The number of rotatable bonds is 6. The first-order valence-corrected chi connectivity index (χ1v) is 10.8. The zero-order valence-corrected chi connectivity index (χ0v) is 17.4. The molecule has 0 bridgehead atoms. The van der Waals surface area contributed by atoms with Crippen LogP contribution in [0.4, 0.5) is 0 Å². The van der Waals surface area contributed by atoms with Crippen LogP contribution in [0.1, 0.15) is 36.8 Å². The maximum absolute atomic E-state index is 13.2. The van der Waals surface area contributed by atoms with Gasteiger partial charge >= 0.3 is 0 Å². The smallest absolute Gasteiger partial charge is 0.233 e. The standard InChI is InChI=1S/C24H27ClN2O2/c25-21-11-9-20(10-12-21)24(13-14-24)23(29)27-17-15-26(16-18-27)22(28)8-4-7-19-5-2-1-3-6-19/h1-3,5-6,9-12H,4,7-8,13-18H2. The second-order valence-corrected chi connectivity index (χ2v) is 8.54. The van der Waals surface area contributed by atoms with Crippen LogP contribution in [0.25, 0.3) is 0 Å². The normalized spacial score (nSPS) is 17.8. The van der Waals surface area contributed by atoms with Crippen molar-refractivity contribution in [2.24, 2.45) is 0 Å². The number of benzene rings is 2. The Labute approximate surface area is 177 Å². The summed E-state index contributed by atoms with van der Waals surface area (Å²) in [6, 6.07) is 17.9. The Bertz CT molecular complexity index is 854. The van der Waals surface area contributed by atoms with Crippen molar-refractivity contribution < 1.29 is 9.59 Å². The van der Waals surface area contributed by atoms with E-state index in [0.717, 1.165) is 31.2 Å². The van der Waals surface area contributed by atoms with Crippen LogP contribution in [0.15, 0.2) is 54.6 Å². The molecule has 4 nitrogen and oxygen atoms in total. The number of hydrogen-bond donors (Lipinski definition) is 0. The molecule has 4 rings (SSSR count). The number of nitrogens with zero attached hydrogens (tertiary/aromatic N) is 2. The maximum atomic E-state index is 13.2. The summed E-state index contributed by atoms with van der Waals surface area (Å²) in [6.45, 7) is 2.51. The molecular weight excluding hydrogens is 384 g/mol. The Morgan fingerprint density at radius 1 is 0.862 bits per heavy atom. The molecule has 0 aromatic heterocycles. The summed E-state index contributed by atoms with van der Waals surface area (Å²) in [4.78, 5) is 29.6. The minimum absolute atomic E-state index is 0.201. The first-order valence-electron chi connectivity index (χ1n) is 10.5. The molecule has 0 spiro atoms. The number of hydrogen-bond acceptors (Lipinski definition) is 2. The average molecular weight is 411 g/mol. The summed E-state index contributed by atoms with van der Waals surface area (Å²) >= 11 is 5.99. The van der Waals surface area contributed by atoms with E-state index in [4.69, 9.17) is 11.6 Å². The van der Waals surface area contributed by atoms with E-state index in [1.54, 1.807) is 0 Å². The summed E-state index contributed by atoms with van der Waals surface area (Å²) < 4.78 is 0. The lowest BCUT2D eigenvalue weighted by Gasteiger charge is -2.36. The van der Waals surface area contributed by atoms with E-state index < -0.39 is 0 Å². The van der Waals surface area contributed by atoms with Crippen LogP contribution in [0, 0.1) is 0 Å². The van der Waals surface area contributed by atoms with Gasteiger partial charge in [0.15, 0.2) is 0 Å². The zero-order chi connectivity index (χ0) is 20.3. The van der Waals surface area contributed by atoms with Gasteiger partial charge in [0, 0.05) is 37.6 Å². The average Bonchev–Trinajstić information content (AvgIpc) is 3.56. The molecule has 2 amide bonds. The van der Waals surface area contributed by atoms with Crippen molar-refractivity contribution in [2.45, 2.75) is 37.5 Å². The summed E-state index contributed by atoms with van der Waals surface area (Å²) in [7, 11) is 0. The predicted molar refractivity (Wildman–Crippen MR) is 115 cm³/mol. The molecule has 2 aromatic rings. The highest BCUT2D eigenvalue weighted by molar-refractivity contribution is 6.30. The maximum Gasteiger partial charge on any atom is 0.233 e. The molecular formula is C24H27ClN2O2.